The van der Waals surface area contributed by atoms with Gasteiger partial charge >= 0.3 is 12.1 Å². The molecule has 0 saturated carbocycles. The van der Waals surface area contributed by atoms with E-state index in [1.54, 1.807) is 18.3 Å². The third-order valence-electron chi connectivity index (χ3n) is 3.45. The molecule has 1 N–H and O–H groups in total. The van der Waals surface area contributed by atoms with Crippen LogP contribution in [0.4, 0.5) is 13.2 Å². The van der Waals surface area contributed by atoms with Crippen LogP contribution in [0.15, 0.2) is 48.7 Å². The van der Waals surface area contributed by atoms with Crippen LogP contribution in [-0.4, -0.2) is 20.9 Å². The molecule has 0 spiro atoms. The van der Waals surface area contributed by atoms with E-state index in [0.717, 1.165) is 12.1 Å². The minimum absolute atomic E-state index is 0.140. The minimum atomic E-state index is -4.37. The second kappa shape index (κ2) is 5.42. The molecule has 0 aliphatic carbocycles. The molecule has 3 rings (SSSR count). The fourth-order valence-electron chi connectivity index (χ4n) is 2.35. The summed E-state index contributed by atoms with van der Waals surface area (Å²) in [5, 5.41) is 13.9. The van der Waals surface area contributed by atoms with Crippen LogP contribution < -0.4 is 0 Å². The van der Waals surface area contributed by atoms with Gasteiger partial charge in [-0.1, -0.05) is 18.2 Å². The maximum atomic E-state index is 12.5. The molecular weight excluding hydrogens is 309 g/mol. The monoisotopic (exact) mass is 320 g/mol. The fraction of sp³-hybridized carbons (Fsp3) is 0.125. The Morgan fingerprint density at radius 3 is 2.43 bits per heavy atom. The number of carbonyl (C=O) groups is 1. The van der Waals surface area contributed by atoms with Crippen molar-refractivity contribution in [1.29, 1.82) is 0 Å². The fourth-order valence-corrected chi connectivity index (χ4v) is 2.35. The number of nitrogens with zero attached hydrogens (tertiary/aromatic N) is 2. The highest BCUT2D eigenvalue weighted by Gasteiger charge is 2.29. The molecule has 23 heavy (non-hydrogen) atoms. The van der Waals surface area contributed by atoms with Crippen molar-refractivity contribution in [3.05, 3.63) is 65.4 Å². The Morgan fingerprint density at radius 2 is 1.83 bits per heavy atom. The van der Waals surface area contributed by atoms with Gasteiger partial charge in [0.2, 0.25) is 0 Å². The second-order valence-electron chi connectivity index (χ2n) is 5.06. The molecule has 0 fully saturated rings. The third kappa shape index (κ3) is 3.03. The van der Waals surface area contributed by atoms with E-state index in [-0.39, 0.29) is 12.1 Å². The third-order valence-corrected chi connectivity index (χ3v) is 3.45. The second-order valence-corrected chi connectivity index (χ2v) is 5.06. The summed E-state index contributed by atoms with van der Waals surface area (Å²) >= 11 is 0. The summed E-state index contributed by atoms with van der Waals surface area (Å²) in [4.78, 5) is 11.2. The first-order chi connectivity index (χ1) is 10.8. The zero-order valence-electron chi connectivity index (χ0n) is 11.7. The Hall–Kier alpha value is -2.83. The summed E-state index contributed by atoms with van der Waals surface area (Å²) in [7, 11) is 0. The van der Waals surface area contributed by atoms with Gasteiger partial charge in [-0.15, -0.1) is 0 Å². The summed E-state index contributed by atoms with van der Waals surface area (Å²) in [6.07, 6.45) is -2.79. The van der Waals surface area contributed by atoms with Gasteiger partial charge in [0.1, 0.15) is 0 Å². The van der Waals surface area contributed by atoms with Crippen molar-refractivity contribution >= 4 is 16.9 Å². The van der Waals surface area contributed by atoms with Crippen LogP contribution in [0.2, 0.25) is 0 Å². The smallest absolute Gasteiger partial charge is 0.416 e. The van der Waals surface area contributed by atoms with Gasteiger partial charge in [-0.2, -0.15) is 18.3 Å². The number of hydrogen-bond acceptors (Lipinski definition) is 2. The molecule has 4 nitrogen and oxygen atoms in total. The van der Waals surface area contributed by atoms with Crippen molar-refractivity contribution in [1.82, 2.24) is 9.78 Å². The zero-order valence-corrected chi connectivity index (χ0v) is 11.7. The molecule has 0 bridgehead atoms. The molecule has 0 unspecified atom stereocenters. The van der Waals surface area contributed by atoms with Crippen LogP contribution in [0.25, 0.3) is 10.9 Å². The van der Waals surface area contributed by atoms with E-state index in [4.69, 9.17) is 5.11 Å². The molecule has 118 valence electrons. The van der Waals surface area contributed by atoms with E-state index < -0.39 is 17.7 Å². The van der Waals surface area contributed by atoms with E-state index >= 15 is 0 Å². The molecule has 0 amide bonds. The summed E-state index contributed by atoms with van der Waals surface area (Å²) in [5.41, 5.74) is 0.598. The lowest BCUT2D eigenvalue weighted by Crippen LogP contribution is -2.05. The highest BCUT2D eigenvalue weighted by Crippen LogP contribution is 2.29. The Kier molecular flexibility index (Phi) is 3.55. The van der Waals surface area contributed by atoms with Gasteiger partial charge < -0.3 is 5.11 Å². The molecule has 3 aromatic rings. The van der Waals surface area contributed by atoms with E-state index in [2.05, 4.69) is 5.10 Å². The Labute approximate surface area is 128 Å². The van der Waals surface area contributed by atoms with Crippen molar-refractivity contribution in [2.75, 3.05) is 0 Å². The predicted molar refractivity (Wildman–Crippen MR) is 77.2 cm³/mol. The number of carboxylic acids is 1. The standard InChI is InChI=1S/C16H11F3N2O2/c17-16(18,19)11-6-4-10(5-7-11)8-21-9-13-12(15(22)23)2-1-3-14(13)20-21/h1-7,9H,8H2,(H,22,23). The number of fused-ring (bicyclic) bond motifs is 1. The summed E-state index contributed by atoms with van der Waals surface area (Å²) in [6.45, 7) is 0.256. The van der Waals surface area contributed by atoms with Crippen LogP contribution >= 0.6 is 0 Å². The normalized spacial score (nSPS) is 11.8. The van der Waals surface area contributed by atoms with Crippen molar-refractivity contribution in [3.8, 4) is 0 Å². The van der Waals surface area contributed by atoms with E-state index in [0.29, 0.717) is 16.5 Å². The molecular formula is C16H11F3N2O2. The first kappa shape index (κ1) is 15.1. The highest BCUT2D eigenvalue weighted by molar-refractivity contribution is 6.02. The van der Waals surface area contributed by atoms with Crippen molar-refractivity contribution in [2.45, 2.75) is 12.7 Å². The van der Waals surface area contributed by atoms with Crippen molar-refractivity contribution < 1.29 is 23.1 Å². The molecule has 1 heterocycles. The lowest BCUT2D eigenvalue weighted by molar-refractivity contribution is -0.137. The zero-order chi connectivity index (χ0) is 16.6. The van der Waals surface area contributed by atoms with Gasteiger partial charge in [-0.05, 0) is 29.8 Å². The summed E-state index contributed by atoms with van der Waals surface area (Å²) in [6, 6.07) is 9.56. The maximum absolute atomic E-state index is 12.5. The first-order valence-electron chi connectivity index (χ1n) is 6.70. The minimum Gasteiger partial charge on any atom is -0.478 e. The molecule has 1 aromatic heterocycles. The van der Waals surface area contributed by atoms with Crippen LogP contribution in [0.3, 0.4) is 0 Å². The number of alkyl halides is 3. The molecule has 2 aromatic carbocycles. The van der Waals surface area contributed by atoms with Gasteiger partial charge in [-0.3, -0.25) is 4.68 Å². The lowest BCUT2D eigenvalue weighted by atomic mass is 10.1. The predicted octanol–water partition coefficient (Wildman–Crippen LogP) is 3.80. The van der Waals surface area contributed by atoms with Gasteiger partial charge in [0.15, 0.2) is 0 Å². The van der Waals surface area contributed by atoms with Crippen LogP contribution in [-0.2, 0) is 12.7 Å². The SMILES string of the molecule is O=C(O)c1cccc2nn(Cc3ccc(C(F)(F)F)cc3)cc12. The maximum Gasteiger partial charge on any atom is 0.416 e. The van der Waals surface area contributed by atoms with Crippen LogP contribution in [0.1, 0.15) is 21.5 Å². The van der Waals surface area contributed by atoms with Gasteiger partial charge in [-0.25, -0.2) is 4.79 Å². The highest BCUT2D eigenvalue weighted by atomic mass is 19.4. The van der Waals surface area contributed by atoms with Crippen LogP contribution in [0.5, 0.6) is 0 Å². The van der Waals surface area contributed by atoms with E-state index in [1.807, 2.05) is 0 Å². The number of aromatic carboxylic acids is 1. The average Bonchev–Trinajstić information content (AvgIpc) is 2.88. The summed E-state index contributed by atoms with van der Waals surface area (Å²) in [5.74, 6) is -1.05. The molecule has 0 radical (unpaired) electrons. The largest absolute Gasteiger partial charge is 0.478 e. The Balaban J connectivity index is 1.90. The molecule has 0 saturated heterocycles. The van der Waals surface area contributed by atoms with E-state index in [9.17, 15) is 18.0 Å². The molecule has 0 aliphatic heterocycles. The lowest BCUT2D eigenvalue weighted by Gasteiger charge is -2.07. The molecule has 7 heteroatoms. The quantitative estimate of drug-likeness (QED) is 0.798. The molecule has 0 aliphatic rings. The van der Waals surface area contributed by atoms with Gasteiger partial charge in [0.05, 0.1) is 23.2 Å². The average molecular weight is 320 g/mol. The number of rotatable bonds is 3. The van der Waals surface area contributed by atoms with Gasteiger partial charge in [0.25, 0.3) is 0 Å². The van der Waals surface area contributed by atoms with E-state index in [1.165, 1.54) is 22.9 Å². The topological polar surface area (TPSA) is 55.1 Å². The first-order valence-corrected chi connectivity index (χ1v) is 6.70. The summed E-state index contributed by atoms with van der Waals surface area (Å²) < 4.78 is 39.1. The van der Waals surface area contributed by atoms with Crippen molar-refractivity contribution in [3.63, 3.8) is 0 Å². The number of benzene rings is 2. The number of hydrogen-bond donors (Lipinski definition) is 1. The number of halogens is 3. The van der Waals surface area contributed by atoms with Gasteiger partial charge in [0, 0.05) is 11.6 Å². The Bertz CT molecular complexity index is 867. The number of aromatic nitrogens is 2. The van der Waals surface area contributed by atoms with Crippen LogP contribution in [0, 0.1) is 0 Å². The Morgan fingerprint density at radius 1 is 1.13 bits per heavy atom. The number of carboxylic acid groups (broad SMARTS) is 1. The van der Waals surface area contributed by atoms with Crippen molar-refractivity contribution in [2.24, 2.45) is 0 Å². The molecule has 0 atom stereocenters.